The molecule has 3 N–H and O–H groups in total. The predicted octanol–water partition coefficient (Wildman–Crippen LogP) is 2.10. The number of amidine groups is 1. The molecule has 0 bridgehead atoms. The lowest BCUT2D eigenvalue weighted by Gasteiger charge is -2.17. The van der Waals surface area contributed by atoms with Crippen LogP contribution in [0.5, 0.6) is 0 Å². The molecule has 1 fully saturated rings. The summed E-state index contributed by atoms with van der Waals surface area (Å²) in [7, 11) is 0. The molecule has 0 atom stereocenters. The third-order valence-electron chi connectivity index (χ3n) is 2.97. The van der Waals surface area contributed by atoms with E-state index in [1.54, 1.807) is 6.07 Å². The minimum Gasteiger partial charge on any atom is -0.387 e. The van der Waals surface area contributed by atoms with Crippen molar-refractivity contribution in [2.75, 3.05) is 0 Å². The van der Waals surface area contributed by atoms with E-state index in [0.29, 0.717) is 5.56 Å². The predicted molar refractivity (Wildman–Crippen MR) is 54.0 cm³/mol. The van der Waals surface area contributed by atoms with Crippen LogP contribution in [0.15, 0.2) is 18.2 Å². The van der Waals surface area contributed by atoms with E-state index in [-0.39, 0.29) is 11.7 Å². The number of hydrogen-bond donors (Lipinski definition) is 2. The molecule has 0 saturated heterocycles. The fourth-order valence-electron chi connectivity index (χ4n) is 2.02. The van der Waals surface area contributed by atoms with E-state index in [1.807, 2.05) is 13.0 Å². The minimum absolute atomic E-state index is 0.0886. The molecule has 74 valence electrons. The third kappa shape index (κ3) is 1.12. The van der Waals surface area contributed by atoms with Crippen LogP contribution in [-0.4, -0.2) is 5.84 Å². The highest BCUT2D eigenvalue weighted by Crippen LogP contribution is 2.49. The second-order valence-corrected chi connectivity index (χ2v) is 3.93. The molecule has 3 heteroatoms. The molecule has 14 heavy (non-hydrogen) atoms. The summed E-state index contributed by atoms with van der Waals surface area (Å²) in [6, 6.07) is 4.98. The van der Waals surface area contributed by atoms with Crippen LogP contribution < -0.4 is 5.73 Å². The average Bonchev–Trinajstić information content (AvgIpc) is 2.85. The lowest BCUT2D eigenvalue weighted by molar-refractivity contribution is 0.599. The van der Waals surface area contributed by atoms with E-state index in [2.05, 4.69) is 0 Å². The molecular formula is C11H13FN2. The lowest BCUT2D eigenvalue weighted by atomic mass is 9.90. The van der Waals surface area contributed by atoms with Gasteiger partial charge in [-0.1, -0.05) is 12.1 Å². The summed E-state index contributed by atoms with van der Waals surface area (Å²) in [5.41, 5.74) is 6.53. The Hall–Kier alpha value is -1.38. The number of nitrogens with one attached hydrogen (secondary N) is 1. The van der Waals surface area contributed by atoms with Crippen LogP contribution in [0.4, 0.5) is 4.39 Å². The highest BCUT2D eigenvalue weighted by molar-refractivity contribution is 5.92. The Morgan fingerprint density at radius 1 is 1.50 bits per heavy atom. The SMILES string of the molecule is Cc1cccc(F)c1C1(C(=N)N)CC1. The summed E-state index contributed by atoms with van der Waals surface area (Å²) in [6.45, 7) is 1.86. The van der Waals surface area contributed by atoms with Crippen molar-refractivity contribution in [1.82, 2.24) is 0 Å². The number of halogens is 1. The molecular weight excluding hydrogens is 179 g/mol. The Morgan fingerprint density at radius 3 is 2.57 bits per heavy atom. The zero-order valence-electron chi connectivity index (χ0n) is 8.10. The number of nitrogens with two attached hydrogens (primary N) is 1. The van der Waals surface area contributed by atoms with E-state index in [9.17, 15) is 4.39 Å². The standard InChI is InChI=1S/C11H13FN2/c1-7-3-2-4-8(12)9(7)11(5-6-11)10(13)14/h2-4H,5-6H2,1H3,(H3,13,14). The van der Waals surface area contributed by atoms with Gasteiger partial charge in [0.05, 0.1) is 5.41 Å². The zero-order chi connectivity index (χ0) is 10.3. The first-order valence-corrected chi connectivity index (χ1v) is 4.68. The van der Waals surface area contributed by atoms with E-state index in [1.165, 1.54) is 6.07 Å². The van der Waals surface area contributed by atoms with Crippen LogP contribution in [0.3, 0.4) is 0 Å². The summed E-state index contributed by atoms with van der Waals surface area (Å²) >= 11 is 0. The molecule has 0 spiro atoms. The molecule has 1 saturated carbocycles. The second kappa shape index (κ2) is 2.80. The molecule has 0 unspecified atom stereocenters. The van der Waals surface area contributed by atoms with Crippen molar-refractivity contribution in [3.8, 4) is 0 Å². The van der Waals surface area contributed by atoms with Crippen LogP contribution in [0.1, 0.15) is 24.0 Å². The molecule has 0 radical (unpaired) electrons. The smallest absolute Gasteiger partial charge is 0.127 e. The summed E-state index contributed by atoms with van der Waals surface area (Å²) < 4.78 is 13.6. The first kappa shape index (κ1) is 9.19. The van der Waals surface area contributed by atoms with Gasteiger partial charge in [0.15, 0.2) is 0 Å². The van der Waals surface area contributed by atoms with Gasteiger partial charge in [-0.25, -0.2) is 4.39 Å². The number of hydrogen-bond acceptors (Lipinski definition) is 1. The van der Waals surface area contributed by atoms with Crippen molar-refractivity contribution in [1.29, 1.82) is 5.41 Å². The van der Waals surface area contributed by atoms with Crippen LogP contribution in [0.25, 0.3) is 0 Å². The van der Waals surface area contributed by atoms with Crippen molar-refractivity contribution in [3.05, 3.63) is 35.1 Å². The topological polar surface area (TPSA) is 49.9 Å². The van der Waals surface area contributed by atoms with Crippen LogP contribution in [0, 0.1) is 18.2 Å². The number of rotatable bonds is 2. The number of benzene rings is 1. The first-order chi connectivity index (χ1) is 6.58. The van der Waals surface area contributed by atoms with Crippen LogP contribution >= 0.6 is 0 Å². The Labute approximate surface area is 82.4 Å². The van der Waals surface area contributed by atoms with Crippen LogP contribution in [-0.2, 0) is 5.41 Å². The lowest BCUT2D eigenvalue weighted by Crippen LogP contribution is -2.29. The maximum atomic E-state index is 13.6. The molecule has 2 nitrogen and oxygen atoms in total. The van der Waals surface area contributed by atoms with Crippen molar-refractivity contribution in [2.24, 2.45) is 5.73 Å². The third-order valence-corrected chi connectivity index (χ3v) is 2.97. The van der Waals surface area contributed by atoms with E-state index < -0.39 is 5.41 Å². The van der Waals surface area contributed by atoms with Gasteiger partial charge >= 0.3 is 0 Å². The maximum absolute atomic E-state index is 13.6. The van der Waals surface area contributed by atoms with Gasteiger partial charge in [-0.3, -0.25) is 5.41 Å². The van der Waals surface area contributed by atoms with Gasteiger partial charge in [-0.2, -0.15) is 0 Å². The van der Waals surface area contributed by atoms with E-state index in [0.717, 1.165) is 18.4 Å². The van der Waals surface area contributed by atoms with E-state index in [4.69, 9.17) is 11.1 Å². The van der Waals surface area contributed by atoms with Gasteiger partial charge in [0.1, 0.15) is 11.7 Å². The highest BCUT2D eigenvalue weighted by atomic mass is 19.1. The molecule has 0 aliphatic heterocycles. The van der Waals surface area contributed by atoms with E-state index >= 15 is 0 Å². The summed E-state index contributed by atoms with van der Waals surface area (Å²) in [5, 5.41) is 7.50. The normalized spacial score (nSPS) is 17.9. The molecule has 0 heterocycles. The summed E-state index contributed by atoms with van der Waals surface area (Å²) in [4.78, 5) is 0. The van der Waals surface area contributed by atoms with Gasteiger partial charge < -0.3 is 5.73 Å². The van der Waals surface area contributed by atoms with Gasteiger partial charge in [0, 0.05) is 5.56 Å². The molecule has 1 aromatic rings. The van der Waals surface area contributed by atoms with Crippen molar-refractivity contribution >= 4 is 5.84 Å². The zero-order valence-corrected chi connectivity index (χ0v) is 8.10. The van der Waals surface area contributed by atoms with Crippen LogP contribution in [0.2, 0.25) is 0 Å². The Bertz CT molecular complexity index is 374. The Morgan fingerprint density at radius 2 is 2.14 bits per heavy atom. The monoisotopic (exact) mass is 192 g/mol. The Kier molecular flexibility index (Phi) is 1.84. The van der Waals surface area contributed by atoms with Crippen molar-refractivity contribution in [3.63, 3.8) is 0 Å². The maximum Gasteiger partial charge on any atom is 0.127 e. The van der Waals surface area contributed by atoms with Gasteiger partial charge in [0.2, 0.25) is 0 Å². The van der Waals surface area contributed by atoms with Crippen molar-refractivity contribution in [2.45, 2.75) is 25.2 Å². The number of aryl methyl sites for hydroxylation is 1. The van der Waals surface area contributed by atoms with Gasteiger partial charge in [-0.15, -0.1) is 0 Å². The van der Waals surface area contributed by atoms with Gasteiger partial charge in [-0.05, 0) is 31.4 Å². The average molecular weight is 192 g/mol. The first-order valence-electron chi connectivity index (χ1n) is 4.68. The van der Waals surface area contributed by atoms with Gasteiger partial charge in [0.25, 0.3) is 0 Å². The molecule has 0 aromatic heterocycles. The van der Waals surface area contributed by atoms with Crippen molar-refractivity contribution < 1.29 is 4.39 Å². The fourth-order valence-corrected chi connectivity index (χ4v) is 2.02. The quantitative estimate of drug-likeness (QED) is 0.547. The second-order valence-electron chi connectivity index (χ2n) is 3.93. The largest absolute Gasteiger partial charge is 0.387 e. The molecule has 1 aliphatic rings. The molecule has 0 amide bonds. The highest BCUT2D eigenvalue weighted by Gasteiger charge is 2.49. The minimum atomic E-state index is -0.491. The Balaban J connectivity index is 2.56. The summed E-state index contributed by atoms with van der Waals surface area (Å²) in [6.07, 6.45) is 1.59. The molecule has 1 aromatic carbocycles. The fraction of sp³-hybridized carbons (Fsp3) is 0.364. The molecule has 1 aliphatic carbocycles. The summed E-state index contributed by atoms with van der Waals surface area (Å²) in [5.74, 6) is -0.150. The molecule has 2 rings (SSSR count).